The smallest absolute Gasteiger partial charge is 0.261 e. The van der Waals surface area contributed by atoms with Gasteiger partial charge in [0.05, 0.1) is 12.0 Å². The van der Waals surface area contributed by atoms with E-state index in [1.165, 1.54) is 19.2 Å². The number of methoxy groups -OCH3 is 1. The van der Waals surface area contributed by atoms with E-state index in [2.05, 4.69) is 10.0 Å². The largest absolute Gasteiger partial charge is 0.497 e. The van der Waals surface area contributed by atoms with Gasteiger partial charge in [-0.3, -0.25) is 9.52 Å². The van der Waals surface area contributed by atoms with E-state index in [0.29, 0.717) is 17.1 Å². The third-order valence-electron chi connectivity index (χ3n) is 4.77. The number of benzene rings is 3. The fraction of sp³-hybridized carbons (Fsp3) is 0.174. The van der Waals surface area contributed by atoms with Crippen molar-refractivity contribution in [2.24, 2.45) is 0 Å². The summed E-state index contributed by atoms with van der Waals surface area (Å²) in [4.78, 5) is 14.8. The Morgan fingerprint density at radius 1 is 0.968 bits per heavy atom. The topological polar surface area (TPSA) is 87.7 Å². The number of hydrogen-bond acceptors (Lipinski definition) is 5. The molecule has 0 aliphatic rings. The summed E-state index contributed by atoms with van der Waals surface area (Å²) in [6, 6.07) is 19.9. The van der Waals surface area contributed by atoms with Gasteiger partial charge in [0, 0.05) is 36.2 Å². The average molecular weight is 440 g/mol. The molecular formula is C23H25N3O4S. The van der Waals surface area contributed by atoms with Crippen molar-refractivity contribution >= 4 is 33.0 Å². The fourth-order valence-electron chi connectivity index (χ4n) is 2.88. The van der Waals surface area contributed by atoms with Crippen LogP contribution in [0, 0.1) is 0 Å². The Hall–Kier alpha value is -3.52. The van der Waals surface area contributed by atoms with Crippen molar-refractivity contribution in [2.75, 3.05) is 35.6 Å². The van der Waals surface area contributed by atoms with Gasteiger partial charge in [0.15, 0.2) is 0 Å². The lowest BCUT2D eigenvalue weighted by Gasteiger charge is -2.17. The Morgan fingerprint density at radius 2 is 1.68 bits per heavy atom. The van der Waals surface area contributed by atoms with Crippen LogP contribution < -0.4 is 19.7 Å². The second-order valence-corrected chi connectivity index (χ2v) is 8.56. The molecule has 3 aromatic rings. The maximum absolute atomic E-state index is 12.8. The number of amides is 1. The third kappa shape index (κ3) is 5.55. The molecule has 0 unspecified atom stereocenters. The maximum atomic E-state index is 12.8. The van der Waals surface area contributed by atoms with Gasteiger partial charge >= 0.3 is 0 Å². The molecule has 8 heteroatoms. The summed E-state index contributed by atoms with van der Waals surface area (Å²) in [5.41, 5.74) is 2.24. The van der Waals surface area contributed by atoms with E-state index in [9.17, 15) is 13.2 Å². The Kier molecular flexibility index (Phi) is 6.81. The second kappa shape index (κ2) is 9.53. The van der Waals surface area contributed by atoms with Gasteiger partial charge in [-0.25, -0.2) is 8.42 Å². The molecule has 1 amide bonds. The standard InChI is InChI=1S/C23H25N3O4S/c1-4-26(2)20-9-6-8-19(16-20)24-23(27)17-7-5-10-22(15-17)31(28,29)25-18-11-13-21(30-3)14-12-18/h5-16,25H,4H2,1-3H3,(H,24,27). The van der Waals surface area contributed by atoms with Gasteiger partial charge in [0.2, 0.25) is 0 Å². The number of nitrogens with zero attached hydrogens (tertiary/aromatic N) is 1. The Balaban J connectivity index is 1.78. The summed E-state index contributed by atoms with van der Waals surface area (Å²) in [5, 5.41) is 2.82. The molecule has 0 atom stereocenters. The van der Waals surface area contributed by atoms with Crippen LogP contribution in [0.1, 0.15) is 17.3 Å². The van der Waals surface area contributed by atoms with Crippen LogP contribution in [0.25, 0.3) is 0 Å². The van der Waals surface area contributed by atoms with E-state index in [4.69, 9.17) is 4.74 Å². The zero-order chi connectivity index (χ0) is 22.4. The number of carbonyl (C=O) groups is 1. The van der Waals surface area contributed by atoms with Crippen molar-refractivity contribution in [1.29, 1.82) is 0 Å². The van der Waals surface area contributed by atoms with E-state index < -0.39 is 15.9 Å². The normalized spacial score (nSPS) is 10.9. The number of ether oxygens (including phenoxy) is 1. The SMILES string of the molecule is CCN(C)c1cccc(NC(=O)c2cccc(S(=O)(=O)Nc3ccc(OC)cc3)c2)c1. The predicted molar refractivity (Wildman–Crippen MR) is 124 cm³/mol. The van der Waals surface area contributed by atoms with E-state index in [-0.39, 0.29) is 10.5 Å². The number of carbonyl (C=O) groups excluding carboxylic acids is 1. The van der Waals surface area contributed by atoms with Gasteiger partial charge in [-0.2, -0.15) is 0 Å². The lowest BCUT2D eigenvalue weighted by Crippen LogP contribution is -2.17. The quantitative estimate of drug-likeness (QED) is 0.549. The Labute approximate surface area is 182 Å². The van der Waals surface area contributed by atoms with Crippen molar-refractivity contribution < 1.29 is 17.9 Å². The summed E-state index contributed by atoms with van der Waals surface area (Å²) in [6.45, 7) is 2.87. The van der Waals surface area contributed by atoms with Crippen LogP contribution in [0.15, 0.2) is 77.7 Å². The van der Waals surface area contributed by atoms with Gasteiger partial charge in [0.25, 0.3) is 15.9 Å². The van der Waals surface area contributed by atoms with Crippen molar-refractivity contribution in [3.05, 3.63) is 78.4 Å². The molecule has 0 aliphatic carbocycles. The van der Waals surface area contributed by atoms with Crippen LogP contribution in [0.3, 0.4) is 0 Å². The number of rotatable bonds is 8. The lowest BCUT2D eigenvalue weighted by molar-refractivity contribution is 0.102. The summed E-state index contributed by atoms with van der Waals surface area (Å²) < 4.78 is 33.1. The molecule has 31 heavy (non-hydrogen) atoms. The summed E-state index contributed by atoms with van der Waals surface area (Å²) in [6.07, 6.45) is 0. The minimum Gasteiger partial charge on any atom is -0.497 e. The van der Waals surface area contributed by atoms with E-state index in [1.54, 1.807) is 42.5 Å². The highest BCUT2D eigenvalue weighted by molar-refractivity contribution is 7.92. The first-order chi connectivity index (χ1) is 14.8. The Morgan fingerprint density at radius 3 is 2.35 bits per heavy atom. The van der Waals surface area contributed by atoms with E-state index >= 15 is 0 Å². The van der Waals surface area contributed by atoms with E-state index in [1.807, 2.05) is 37.1 Å². The van der Waals surface area contributed by atoms with Crippen LogP contribution in [-0.2, 0) is 10.0 Å². The molecule has 162 valence electrons. The zero-order valence-corrected chi connectivity index (χ0v) is 18.4. The molecule has 0 aliphatic heterocycles. The minimum atomic E-state index is -3.86. The minimum absolute atomic E-state index is 0.00423. The van der Waals surface area contributed by atoms with Crippen LogP contribution in [-0.4, -0.2) is 35.0 Å². The van der Waals surface area contributed by atoms with Crippen molar-refractivity contribution in [2.45, 2.75) is 11.8 Å². The Bertz CT molecular complexity index is 1160. The molecule has 0 bridgehead atoms. The lowest BCUT2D eigenvalue weighted by atomic mass is 10.2. The first-order valence-corrected chi connectivity index (χ1v) is 11.2. The van der Waals surface area contributed by atoms with Crippen LogP contribution in [0.2, 0.25) is 0 Å². The summed E-state index contributed by atoms with van der Waals surface area (Å²) >= 11 is 0. The maximum Gasteiger partial charge on any atom is 0.261 e. The molecule has 3 aromatic carbocycles. The van der Waals surface area contributed by atoms with Crippen molar-refractivity contribution in [3.63, 3.8) is 0 Å². The summed E-state index contributed by atoms with van der Waals surface area (Å²) in [7, 11) is -0.361. The monoisotopic (exact) mass is 439 g/mol. The van der Waals surface area contributed by atoms with Gasteiger partial charge in [-0.1, -0.05) is 12.1 Å². The molecule has 0 saturated carbocycles. The zero-order valence-electron chi connectivity index (χ0n) is 17.6. The van der Waals surface area contributed by atoms with Crippen LogP contribution in [0.5, 0.6) is 5.75 Å². The van der Waals surface area contributed by atoms with E-state index in [0.717, 1.165) is 12.2 Å². The molecule has 0 radical (unpaired) electrons. The molecule has 0 aromatic heterocycles. The molecule has 0 fully saturated rings. The number of nitrogens with one attached hydrogen (secondary N) is 2. The predicted octanol–water partition coefficient (Wildman–Crippen LogP) is 4.20. The van der Waals surface area contributed by atoms with Crippen LogP contribution in [0.4, 0.5) is 17.1 Å². The van der Waals surface area contributed by atoms with Gasteiger partial charge in [-0.05, 0) is 67.6 Å². The van der Waals surface area contributed by atoms with Gasteiger partial charge in [0.1, 0.15) is 5.75 Å². The average Bonchev–Trinajstić information content (AvgIpc) is 2.79. The first-order valence-electron chi connectivity index (χ1n) is 9.72. The highest BCUT2D eigenvalue weighted by Crippen LogP contribution is 2.22. The number of sulfonamides is 1. The first kappa shape index (κ1) is 22.2. The number of anilines is 3. The molecule has 0 heterocycles. The molecule has 7 nitrogen and oxygen atoms in total. The molecule has 0 saturated heterocycles. The highest BCUT2D eigenvalue weighted by Gasteiger charge is 2.17. The molecule has 3 rings (SSSR count). The molecule has 2 N–H and O–H groups in total. The number of hydrogen-bond donors (Lipinski definition) is 2. The van der Waals surface area contributed by atoms with Crippen LogP contribution >= 0.6 is 0 Å². The second-order valence-electron chi connectivity index (χ2n) is 6.88. The highest BCUT2D eigenvalue weighted by atomic mass is 32.2. The van der Waals surface area contributed by atoms with Crippen molar-refractivity contribution in [3.8, 4) is 5.75 Å². The fourth-order valence-corrected chi connectivity index (χ4v) is 3.99. The third-order valence-corrected chi connectivity index (χ3v) is 6.15. The molecule has 0 spiro atoms. The van der Waals surface area contributed by atoms with Gasteiger partial charge < -0.3 is 15.0 Å². The summed E-state index contributed by atoms with van der Waals surface area (Å²) in [5.74, 6) is 0.230. The van der Waals surface area contributed by atoms with Crippen molar-refractivity contribution in [1.82, 2.24) is 0 Å². The van der Waals surface area contributed by atoms with Gasteiger partial charge in [-0.15, -0.1) is 0 Å². The molecular weight excluding hydrogens is 414 g/mol.